The third-order valence-electron chi connectivity index (χ3n) is 3.51. The molecule has 1 aromatic rings. The predicted molar refractivity (Wildman–Crippen MR) is 67.1 cm³/mol. The minimum absolute atomic E-state index is 0.131. The summed E-state index contributed by atoms with van der Waals surface area (Å²) >= 11 is 0. The van der Waals surface area contributed by atoms with E-state index in [2.05, 4.69) is 29.2 Å². The van der Waals surface area contributed by atoms with E-state index in [-0.39, 0.29) is 12.1 Å². The number of aliphatic hydroxyl groups excluding tert-OH is 1. The third kappa shape index (κ3) is 2.88. The van der Waals surface area contributed by atoms with Crippen molar-refractivity contribution in [1.29, 1.82) is 0 Å². The van der Waals surface area contributed by atoms with Gasteiger partial charge in [-0.1, -0.05) is 0 Å². The highest BCUT2D eigenvalue weighted by Gasteiger charge is 2.31. The summed E-state index contributed by atoms with van der Waals surface area (Å²) in [4.78, 5) is 4.26. The molecule has 2 rings (SSSR count). The summed E-state index contributed by atoms with van der Waals surface area (Å²) in [5.74, 6) is 0.907. The van der Waals surface area contributed by atoms with Crippen LogP contribution >= 0.6 is 0 Å². The molecule has 0 spiro atoms. The Kier molecular flexibility index (Phi) is 4.31. The molecule has 0 aliphatic carbocycles. The van der Waals surface area contributed by atoms with Gasteiger partial charge in [0.25, 0.3) is 0 Å². The minimum atomic E-state index is -0.230. The van der Waals surface area contributed by atoms with Crippen molar-refractivity contribution in [2.75, 3.05) is 19.8 Å². The Morgan fingerprint density at radius 1 is 1.50 bits per heavy atom. The highest BCUT2D eigenvalue weighted by molar-refractivity contribution is 4.94. The van der Waals surface area contributed by atoms with Crippen LogP contribution in [-0.2, 0) is 11.3 Å². The molecule has 2 N–H and O–H groups in total. The molecule has 0 radical (unpaired) electrons. The Hall–Kier alpha value is -0.980. The average molecular weight is 254 g/mol. The van der Waals surface area contributed by atoms with Crippen LogP contribution in [0, 0.1) is 0 Å². The molecule has 102 valence electrons. The van der Waals surface area contributed by atoms with E-state index in [9.17, 15) is 5.11 Å². The van der Waals surface area contributed by atoms with Crippen LogP contribution in [0.1, 0.15) is 38.6 Å². The van der Waals surface area contributed by atoms with Crippen LogP contribution in [-0.4, -0.2) is 45.2 Å². The summed E-state index contributed by atoms with van der Waals surface area (Å²) in [5, 5.41) is 17.2. The molecule has 18 heavy (non-hydrogen) atoms. The lowest BCUT2D eigenvalue weighted by molar-refractivity contribution is 0.0107. The van der Waals surface area contributed by atoms with E-state index in [1.165, 1.54) is 0 Å². The molecule has 6 nitrogen and oxygen atoms in total. The number of nitrogens with zero attached hydrogens (tertiary/aromatic N) is 3. The van der Waals surface area contributed by atoms with Crippen molar-refractivity contribution in [1.82, 2.24) is 20.1 Å². The first kappa shape index (κ1) is 13.5. The number of hydrogen-bond donors (Lipinski definition) is 2. The lowest BCUT2D eigenvalue weighted by Gasteiger charge is -2.36. The first-order chi connectivity index (χ1) is 8.67. The molecular weight excluding hydrogens is 232 g/mol. The number of hydrogen-bond acceptors (Lipinski definition) is 5. The first-order valence-corrected chi connectivity index (χ1v) is 6.49. The van der Waals surface area contributed by atoms with Crippen LogP contribution in [0.25, 0.3) is 0 Å². The molecule has 6 heteroatoms. The number of ether oxygens (including phenoxy) is 1. The average Bonchev–Trinajstić information content (AvgIpc) is 2.86. The van der Waals surface area contributed by atoms with Crippen LogP contribution in [0.3, 0.4) is 0 Å². The summed E-state index contributed by atoms with van der Waals surface area (Å²) in [6, 6.07) is 0.295. The summed E-state index contributed by atoms with van der Waals surface area (Å²) in [5.41, 5.74) is -0.230. The van der Waals surface area contributed by atoms with Crippen molar-refractivity contribution in [2.45, 2.75) is 44.8 Å². The third-order valence-corrected chi connectivity index (χ3v) is 3.51. The number of rotatable bonds is 5. The maximum absolute atomic E-state index is 9.59. The van der Waals surface area contributed by atoms with Crippen LogP contribution < -0.4 is 5.32 Å². The Morgan fingerprint density at radius 2 is 2.22 bits per heavy atom. The Morgan fingerprint density at radius 3 is 2.83 bits per heavy atom. The molecular formula is C12H22N4O2. The van der Waals surface area contributed by atoms with Gasteiger partial charge in [-0.25, -0.2) is 9.67 Å². The van der Waals surface area contributed by atoms with Crippen molar-refractivity contribution in [2.24, 2.45) is 0 Å². The molecule has 1 aliphatic heterocycles. The van der Waals surface area contributed by atoms with E-state index in [1.807, 2.05) is 4.68 Å². The SMILES string of the molecule is CC(C)n1ncnc1CNC1(CO)CCOCC1. The molecule has 0 atom stereocenters. The Labute approximate surface area is 107 Å². The van der Waals surface area contributed by atoms with E-state index in [0.29, 0.717) is 25.8 Å². The summed E-state index contributed by atoms with van der Waals surface area (Å²) in [6.45, 7) is 6.31. The van der Waals surface area contributed by atoms with E-state index in [4.69, 9.17) is 4.74 Å². The molecule has 1 fully saturated rings. The standard InChI is InChI=1S/C12H22N4O2/c1-10(2)16-11(13-9-15-16)7-14-12(8-17)3-5-18-6-4-12/h9-10,14,17H,3-8H2,1-2H3. The molecule has 2 heterocycles. The van der Waals surface area contributed by atoms with E-state index in [1.54, 1.807) is 6.33 Å². The van der Waals surface area contributed by atoms with Crippen molar-refractivity contribution in [3.63, 3.8) is 0 Å². The molecule has 0 amide bonds. The Bertz CT molecular complexity index is 372. The largest absolute Gasteiger partial charge is 0.394 e. The number of aromatic nitrogens is 3. The zero-order valence-corrected chi connectivity index (χ0v) is 11.1. The van der Waals surface area contributed by atoms with E-state index in [0.717, 1.165) is 18.7 Å². The van der Waals surface area contributed by atoms with Crippen molar-refractivity contribution < 1.29 is 9.84 Å². The van der Waals surface area contributed by atoms with Crippen molar-refractivity contribution >= 4 is 0 Å². The quantitative estimate of drug-likeness (QED) is 0.800. The normalized spacial score (nSPS) is 19.3. The van der Waals surface area contributed by atoms with Crippen molar-refractivity contribution in [3.8, 4) is 0 Å². The maximum Gasteiger partial charge on any atom is 0.141 e. The first-order valence-electron chi connectivity index (χ1n) is 6.49. The summed E-state index contributed by atoms with van der Waals surface area (Å²) in [7, 11) is 0. The van der Waals surface area contributed by atoms with Gasteiger partial charge in [-0.05, 0) is 26.7 Å². The lowest BCUT2D eigenvalue weighted by Crippen LogP contribution is -2.52. The fraction of sp³-hybridized carbons (Fsp3) is 0.833. The molecule has 1 saturated heterocycles. The van der Waals surface area contributed by atoms with Gasteiger partial charge in [0.1, 0.15) is 12.2 Å². The minimum Gasteiger partial charge on any atom is -0.394 e. The molecule has 0 saturated carbocycles. The topological polar surface area (TPSA) is 72.2 Å². The molecule has 0 bridgehead atoms. The van der Waals surface area contributed by atoms with Gasteiger partial charge in [0.05, 0.1) is 13.2 Å². The molecule has 0 unspecified atom stereocenters. The number of aliphatic hydroxyl groups is 1. The van der Waals surface area contributed by atoms with Gasteiger partial charge >= 0.3 is 0 Å². The second-order valence-electron chi connectivity index (χ2n) is 5.12. The lowest BCUT2D eigenvalue weighted by atomic mass is 9.91. The maximum atomic E-state index is 9.59. The van der Waals surface area contributed by atoms with Gasteiger partial charge in [0.2, 0.25) is 0 Å². The summed E-state index contributed by atoms with van der Waals surface area (Å²) in [6.07, 6.45) is 3.24. The van der Waals surface area contributed by atoms with Gasteiger partial charge < -0.3 is 15.2 Å². The Balaban J connectivity index is 1.99. The second-order valence-corrected chi connectivity index (χ2v) is 5.12. The molecule has 1 aliphatic rings. The van der Waals surface area contributed by atoms with Gasteiger partial charge in [-0.15, -0.1) is 0 Å². The van der Waals surface area contributed by atoms with Crippen LogP contribution in [0.15, 0.2) is 6.33 Å². The van der Waals surface area contributed by atoms with Gasteiger partial charge in [-0.3, -0.25) is 0 Å². The number of nitrogens with one attached hydrogen (secondary N) is 1. The van der Waals surface area contributed by atoms with Crippen molar-refractivity contribution in [3.05, 3.63) is 12.2 Å². The van der Waals surface area contributed by atoms with Crippen LogP contribution in [0.4, 0.5) is 0 Å². The second kappa shape index (κ2) is 5.77. The highest BCUT2D eigenvalue weighted by atomic mass is 16.5. The van der Waals surface area contributed by atoms with Crippen LogP contribution in [0.5, 0.6) is 0 Å². The zero-order chi connectivity index (χ0) is 13.0. The van der Waals surface area contributed by atoms with Gasteiger partial charge in [-0.2, -0.15) is 5.10 Å². The molecule has 0 aromatic carbocycles. The van der Waals surface area contributed by atoms with Crippen LogP contribution in [0.2, 0.25) is 0 Å². The fourth-order valence-electron chi connectivity index (χ4n) is 2.25. The van der Waals surface area contributed by atoms with E-state index < -0.39 is 0 Å². The van der Waals surface area contributed by atoms with Gasteiger partial charge in [0, 0.05) is 24.8 Å². The summed E-state index contributed by atoms with van der Waals surface area (Å²) < 4.78 is 7.24. The van der Waals surface area contributed by atoms with E-state index >= 15 is 0 Å². The molecule has 1 aromatic heterocycles. The van der Waals surface area contributed by atoms with Gasteiger partial charge in [0.15, 0.2) is 0 Å². The smallest absolute Gasteiger partial charge is 0.141 e. The predicted octanol–water partition coefficient (Wildman–Crippen LogP) is 0.490. The monoisotopic (exact) mass is 254 g/mol. The fourth-order valence-corrected chi connectivity index (χ4v) is 2.25. The highest BCUT2D eigenvalue weighted by Crippen LogP contribution is 2.20. The zero-order valence-electron chi connectivity index (χ0n) is 11.1.